The molecule has 2 aromatic rings. The van der Waals surface area contributed by atoms with Gasteiger partial charge >= 0.3 is 0 Å². The highest BCUT2D eigenvalue weighted by Gasteiger charge is 2.62. The number of alkyl halides is 1. The number of rotatable bonds is 2. The molecule has 0 heterocycles. The lowest BCUT2D eigenvalue weighted by atomic mass is 9.49. The molecule has 2 nitrogen and oxygen atoms in total. The number of hydrogen-bond donors (Lipinski definition) is 2. The smallest absolute Gasteiger partial charge is 0.0829 e. The van der Waals surface area contributed by atoms with Crippen LogP contribution in [0, 0.1) is 31.1 Å². The van der Waals surface area contributed by atoms with Gasteiger partial charge in [-0.3, -0.25) is 0 Å². The Morgan fingerprint density at radius 1 is 1.14 bits per heavy atom. The topological polar surface area (TPSA) is 46.2 Å². The maximum atomic E-state index is 12.5. The summed E-state index contributed by atoms with van der Waals surface area (Å²) in [5.41, 5.74) is 18.0. The zero-order valence-corrected chi connectivity index (χ0v) is 24.1. The van der Waals surface area contributed by atoms with E-state index in [1.54, 1.807) is 0 Å². The quantitative estimate of drug-likeness (QED) is 0.278. The fraction of sp³-hybridized carbons (Fsp3) is 0.333. The van der Waals surface area contributed by atoms with Gasteiger partial charge in [0, 0.05) is 17.0 Å². The van der Waals surface area contributed by atoms with Crippen molar-refractivity contribution in [3.8, 4) is 0 Å². The second kappa shape index (κ2) is 8.59. The van der Waals surface area contributed by atoms with E-state index in [1.807, 2.05) is 0 Å². The van der Waals surface area contributed by atoms with Crippen molar-refractivity contribution in [1.82, 2.24) is 0 Å². The maximum Gasteiger partial charge on any atom is 0.0829 e. The molecule has 0 radical (unpaired) electrons. The van der Waals surface area contributed by atoms with E-state index in [-0.39, 0.29) is 15.3 Å². The van der Waals surface area contributed by atoms with Crippen LogP contribution in [0.3, 0.4) is 0 Å². The number of fused-ring (bicyclic) bond motifs is 3. The molecule has 3 N–H and O–H groups in total. The van der Waals surface area contributed by atoms with Crippen LogP contribution in [0.4, 0.5) is 0 Å². The fourth-order valence-electron chi connectivity index (χ4n) is 7.38. The first-order valence-corrected chi connectivity index (χ1v) is 13.8. The molecule has 0 saturated heterocycles. The third-order valence-electron chi connectivity index (χ3n) is 9.01. The van der Waals surface area contributed by atoms with Crippen LogP contribution in [0.25, 0.3) is 17.2 Å². The number of nitrogens with two attached hydrogens (primary N) is 1. The van der Waals surface area contributed by atoms with Gasteiger partial charge in [0.2, 0.25) is 0 Å². The van der Waals surface area contributed by atoms with Crippen molar-refractivity contribution in [2.75, 3.05) is 0 Å². The summed E-state index contributed by atoms with van der Waals surface area (Å²) in [6, 6.07) is 15.1. The molecular weight excluding hydrogens is 553 g/mol. The van der Waals surface area contributed by atoms with Crippen molar-refractivity contribution < 1.29 is 5.11 Å². The highest BCUT2D eigenvalue weighted by Crippen LogP contribution is 2.67. The summed E-state index contributed by atoms with van der Waals surface area (Å²) in [6.07, 6.45) is 4.64. The molecule has 36 heavy (non-hydrogen) atoms. The highest BCUT2D eigenvalue weighted by molar-refractivity contribution is 14.1. The van der Waals surface area contributed by atoms with Crippen LogP contribution < -0.4 is 5.73 Å². The van der Waals surface area contributed by atoms with Crippen molar-refractivity contribution in [3.63, 3.8) is 0 Å². The summed E-state index contributed by atoms with van der Waals surface area (Å²) in [7, 11) is 0. The Morgan fingerprint density at radius 2 is 1.81 bits per heavy atom. The Balaban J connectivity index is 1.85. The van der Waals surface area contributed by atoms with E-state index in [1.165, 1.54) is 39.0 Å². The lowest BCUT2D eigenvalue weighted by Crippen LogP contribution is -2.60. The van der Waals surface area contributed by atoms with Crippen LogP contribution in [0.15, 0.2) is 84.1 Å². The molecule has 0 aliphatic heterocycles. The summed E-state index contributed by atoms with van der Waals surface area (Å²) in [5.74, 6) is 0.301. The van der Waals surface area contributed by atoms with Gasteiger partial charge in [0.05, 0.1) is 9.53 Å². The predicted octanol–water partition coefficient (Wildman–Crippen LogP) is 7.80. The number of aliphatic hydroxyl groups excluding tert-OH is 1. The number of aliphatic hydroxyl groups is 1. The minimum Gasteiger partial charge on any atom is -0.399 e. The molecule has 3 aliphatic carbocycles. The van der Waals surface area contributed by atoms with E-state index < -0.39 is 11.5 Å². The molecule has 0 amide bonds. The van der Waals surface area contributed by atoms with Crippen LogP contribution in [0.1, 0.15) is 55.0 Å². The molecular formula is C33H36INO. The van der Waals surface area contributed by atoms with Gasteiger partial charge in [-0.25, -0.2) is 0 Å². The molecule has 0 bridgehead atoms. The van der Waals surface area contributed by atoms with Gasteiger partial charge in [0.25, 0.3) is 0 Å². The average molecular weight is 590 g/mol. The SMILES string of the molecule is C=C(N)C1=CCC2(I)C(C(C)=C3C(=C)c4c(C)cccc4/C(=C\c4ccc(C)cc4)[C@]3(C)[C@H]2O)C1C. The summed E-state index contributed by atoms with van der Waals surface area (Å²) < 4.78 is -0.369. The summed E-state index contributed by atoms with van der Waals surface area (Å²) in [4.78, 5) is 0. The van der Waals surface area contributed by atoms with E-state index in [0.29, 0.717) is 5.70 Å². The van der Waals surface area contributed by atoms with Gasteiger partial charge < -0.3 is 10.8 Å². The second-order valence-corrected chi connectivity index (χ2v) is 13.2. The summed E-state index contributed by atoms with van der Waals surface area (Å²) in [6.45, 7) is 19.7. The Kier molecular flexibility index (Phi) is 6.04. The van der Waals surface area contributed by atoms with Gasteiger partial charge in [-0.1, -0.05) is 108 Å². The van der Waals surface area contributed by atoms with E-state index >= 15 is 0 Å². The van der Waals surface area contributed by atoms with Crippen molar-refractivity contribution in [2.45, 2.75) is 50.6 Å². The first-order chi connectivity index (χ1) is 16.9. The zero-order chi connectivity index (χ0) is 26.2. The molecule has 0 aromatic heterocycles. The molecule has 3 aliphatic rings. The van der Waals surface area contributed by atoms with Crippen LogP contribution in [-0.4, -0.2) is 14.6 Å². The third kappa shape index (κ3) is 3.39. The van der Waals surface area contributed by atoms with Gasteiger partial charge in [-0.2, -0.15) is 0 Å². The standard InChI is InChI=1S/C33H36INO/c1-18-11-13-24(14-12-18)17-27-26-10-8-9-19(2)28(26)21(4)29-22(5)30-20(3)25(23(6)35)15-16-33(30,34)31(36)32(27,29)7/h8-15,17,20,30-31,36H,4,6,16,35H2,1-3,5,7H3/b27-17+/t20?,30?,31-,32+,33?/m1/s1. The Labute approximate surface area is 229 Å². The van der Waals surface area contributed by atoms with Crippen molar-refractivity contribution in [1.29, 1.82) is 0 Å². The van der Waals surface area contributed by atoms with Crippen molar-refractivity contribution >= 4 is 39.8 Å². The van der Waals surface area contributed by atoms with Crippen molar-refractivity contribution in [2.24, 2.45) is 23.0 Å². The van der Waals surface area contributed by atoms with Gasteiger partial charge in [-0.05, 0) is 84.6 Å². The van der Waals surface area contributed by atoms with Crippen LogP contribution >= 0.6 is 22.6 Å². The molecule has 3 heteroatoms. The molecule has 186 valence electrons. The fourth-order valence-corrected chi connectivity index (χ4v) is 9.23. The third-order valence-corrected chi connectivity index (χ3v) is 10.7. The predicted molar refractivity (Wildman–Crippen MR) is 162 cm³/mol. The minimum absolute atomic E-state index is 0.138. The van der Waals surface area contributed by atoms with Crippen LogP contribution in [-0.2, 0) is 0 Å². The summed E-state index contributed by atoms with van der Waals surface area (Å²) >= 11 is 2.56. The Bertz CT molecular complexity index is 1390. The lowest BCUT2D eigenvalue weighted by Gasteiger charge is -2.59. The maximum absolute atomic E-state index is 12.5. The van der Waals surface area contributed by atoms with E-state index in [2.05, 4.69) is 125 Å². The van der Waals surface area contributed by atoms with Crippen molar-refractivity contribution in [3.05, 3.63) is 112 Å². The number of halogens is 1. The molecule has 5 atom stereocenters. The largest absolute Gasteiger partial charge is 0.399 e. The van der Waals surface area contributed by atoms with E-state index in [4.69, 9.17) is 5.73 Å². The normalized spacial score (nSPS) is 32.5. The average Bonchev–Trinajstić information content (AvgIpc) is 2.81. The second-order valence-electron chi connectivity index (χ2n) is 11.2. The summed E-state index contributed by atoms with van der Waals surface area (Å²) in [5, 5.41) is 12.5. The molecule has 5 rings (SSSR count). The monoisotopic (exact) mass is 589 g/mol. The molecule has 3 unspecified atom stereocenters. The first kappa shape index (κ1) is 25.3. The minimum atomic E-state index is -0.609. The highest BCUT2D eigenvalue weighted by atomic mass is 127. The Morgan fingerprint density at radius 3 is 2.44 bits per heavy atom. The van der Waals surface area contributed by atoms with E-state index in [9.17, 15) is 5.11 Å². The molecule has 2 aromatic carbocycles. The number of allylic oxidation sites excluding steroid dienone is 4. The number of aryl methyl sites for hydroxylation is 2. The molecule has 0 saturated carbocycles. The first-order valence-electron chi connectivity index (χ1n) is 12.7. The zero-order valence-electron chi connectivity index (χ0n) is 22.0. The van der Waals surface area contributed by atoms with Gasteiger partial charge in [0.1, 0.15) is 0 Å². The number of benzene rings is 2. The molecule has 0 spiro atoms. The Hall–Kier alpha value is -2.37. The van der Waals surface area contributed by atoms with Gasteiger partial charge in [-0.15, -0.1) is 0 Å². The van der Waals surface area contributed by atoms with E-state index in [0.717, 1.165) is 23.1 Å². The van der Waals surface area contributed by atoms with Crippen LogP contribution in [0.2, 0.25) is 0 Å². The van der Waals surface area contributed by atoms with Gasteiger partial charge in [0.15, 0.2) is 0 Å². The number of hydrogen-bond acceptors (Lipinski definition) is 2. The molecule has 0 fully saturated rings. The lowest BCUT2D eigenvalue weighted by molar-refractivity contribution is 0.0285. The van der Waals surface area contributed by atoms with Crippen LogP contribution in [0.5, 0.6) is 0 Å².